The molecule has 1 unspecified atom stereocenters. The number of piperazine rings is 1. The Balaban J connectivity index is 0.00000124. The molecule has 0 N–H and O–H groups in total. The second kappa shape index (κ2) is 11.4. The van der Waals surface area contributed by atoms with Crippen LogP contribution in [-0.2, 0) is 13.0 Å². The molecule has 170 valence electrons. The van der Waals surface area contributed by atoms with Crippen LogP contribution in [0.2, 0.25) is 0 Å². The summed E-state index contributed by atoms with van der Waals surface area (Å²) >= 11 is 0. The van der Waals surface area contributed by atoms with Crippen LogP contribution in [0.1, 0.15) is 64.6 Å². The maximum absolute atomic E-state index is 4.99. The number of hydrogen-bond acceptors (Lipinski definition) is 5. The highest BCUT2D eigenvalue weighted by atomic mass is 15.3. The SMILES string of the molecule is CC.CCC(C)N(C)c1ccc2c(n1)CCN(CCN1CCN(C3CCC3)CC1)C2. The molecular weight excluding hydrogens is 370 g/mol. The number of nitrogens with zero attached hydrogens (tertiary/aromatic N) is 5. The molecule has 5 nitrogen and oxygen atoms in total. The van der Waals surface area contributed by atoms with E-state index in [9.17, 15) is 0 Å². The standard InChI is InChI=1S/C23H39N5.C2H6/c1-4-19(2)25(3)23-9-8-20-18-27(11-10-22(20)24-23)13-12-26-14-16-28(17-15-26)21-6-5-7-21;1-2/h8-9,19,21H,4-7,10-18H2,1-3H3;1-2H3. The van der Waals surface area contributed by atoms with Crippen molar-refractivity contribution in [3.63, 3.8) is 0 Å². The predicted octanol–water partition coefficient (Wildman–Crippen LogP) is 3.87. The van der Waals surface area contributed by atoms with Crippen molar-refractivity contribution in [2.75, 3.05) is 57.8 Å². The van der Waals surface area contributed by atoms with Crippen LogP contribution < -0.4 is 4.90 Å². The second-order valence-electron chi connectivity index (χ2n) is 9.13. The molecule has 1 aromatic heterocycles. The van der Waals surface area contributed by atoms with Gasteiger partial charge in [-0.25, -0.2) is 4.98 Å². The second-order valence-corrected chi connectivity index (χ2v) is 9.13. The summed E-state index contributed by atoms with van der Waals surface area (Å²) < 4.78 is 0. The van der Waals surface area contributed by atoms with Crippen LogP contribution in [0, 0.1) is 0 Å². The zero-order chi connectivity index (χ0) is 21.5. The first-order valence-electron chi connectivity index (χ1n) is 12.5. The fraction of sp³-hybridized carbons (Fsp3) is 0.800. The van der Waals surface area contributed by atoms with Crippen molar-refractivity contribution < 1.29 is 0 Å². The van der Waals surface area contributed by atoms with Gasteiger partial charge in [0, 0.05) is 83.6 Å². The molecule has 0 spiro atoms. The van der Waals surface area contributed by atoms with Gasteiger partial charge in [0.2, 0.25) is 0 Å². The zero-order valence-electron chi connectivity index (χ0n) is 20.2. The molecule has 4 rings (SSSR count). The monoisotopic (exact) mass is 415 g/mol. The van der Waals surface area contributed by atoms with Crippen LogP contribution in [-0.4, -0.2) is 84.6 Å². The van der Waals surface area contributed by atoms with E-state index in [2.05, 4.69) is 52.6 Å². The Bertz CT molecular complexity index is 636. The summed E-state index contributed by atoms with van der Waals surface area (Å²) in [5.74, 6) is 1.13. The minimum atomic E-state index is 0.537. The van der Waals surface area contributed by atoms with Crippen molar-refractivity contribution in [2.24, 2.45) is 0 Å². The average molecular weight is 416 g/mol. The lowest BCUT2D eigenvalue weighted by Gasteiger charge is -2.43. The summed E-state index contributed by atoms with van der Waals surface area (Å²) in [6, 6.07) is 5.99. The summed E-state index contributed by atoms with van der Waals surface area (Å²) in [6.45, 7) is 18.2. The maximum atomic E-state index is 4.99. The summed E-state index contributed by atoms with van der Waals surface area (Å²) in [6.07, 6.45) is 6.57. The van der Waals surface area contributed by atoms with Crippen molar-refractivity contribution in [3.8, 4) is 0 Å². The molecular formula is C25H45N5. The van der Waals surface area contributed by atoms with Gasteiger partial charge in [-0.05, 0) is 37.8 Å². The molecule has 0 bridgehead atoms. The largest absolute Gasteiger partial charge is 0.357 e. The third-order valence-electron chi connectivity index (χ3n) is 7.46. The Kier molecular flexibility index (Phi) is 8.97. The molecule has 3 heterocycles. The van der Waals surface area contributed by atoms with Crippen LogP contribution in [0.25, 0.3) is 0 Å². The zero-order valence-corrected chi connectivity index (χ0v) is 20.2. The fourth-order valence-electron chi connectivity index (χ4n) is 4.74. The van der Waals surface area contributed by atoms with Gasteiger partial charge in [-0.3, -0.25) is 14.7 Å². The number of fused-ring (bicyclic) bond motifs is 1. The third-order valence-corrected chi connectivity index (χ3v) is 7.46. The van der Waals surface area contributed by atoms with E-state index in [-0.39, 0.29) is 0 Å². The van der Waals surface area contributed by atoms with Gasteiger partial charge in [0.1, 0.15) is 5.82 Å². The molecule has 0 radical (unpaired) electrons. The molecule has 0 aromatic carbocycles. The van der Waals surface area contributed by atoms with Gasteiger partial charge in [0.15, 0.2) is 0 Å². The number of rotatable bonds is 7. The summed E-state index contributed by atoms with van der Waals surface area (Å²) in [4.78, 5) is 15.3. The normalized spacial score (nSPS) is 21.9. The minimum absolute atomic E-state index is 0.537. The lowest BCUT2D eigenvalue weighted by Crippen LogP contribution is -2.53. The first-order chi connectivity index (χ1) is 14.6. The molecule has 0 amide bonds. The minimum Gasteiger partial charge on any atom is -0.357 e. The Morgan fingerprint density at radius 3 is 2.37 bits per heavy atom. The van der Waals surface area contributed by atoms with Gasteiger partial charge in [-0.15, -0.1) is 0 Å². The van der Waals surface area contributed by atoms with E-state index < -0.39 is 0 Å². The van der Waals surface area contributed by atoms with Gasteiger partial charge in [-0.2, -0.15) is 0 Å². The van der Waals surface area contributed by atoms with Crippen molar-refractivity contribution in [1.29, 1.82) is 0 Å². The van der Waals surface area contributed by atoms with E-state index >= 15 is 0 Å². The van der Waals surface area contributed by atoms with Gasteiger partial charge < -0.3 is 4.90 Å². The summed E-state index contributed by atoms with van der Waals surface area (Å²) in [7, 11) is 2.17. The summed E-state index contributed by atoms with van der Waals surface area (Å²) in [5, 5.41) is 0. The smallest absolute Gasteiger partial charge is 0.128 e. The van der Waals surface area contributed by atoms with Crippen LogP contribution in [0.4, 0.5) is 5.82 Å². The topological polar surface area (TPSA) is 25.9 Å². The van der Waals surface area contributed by atoms with Crippen molar-refractivity contribution in [1.82, 2.24) is 19.7 Å². The molecule has 1 atom stereocenters. The van der Waals surface area contributed by atoms with E-state index in [1.165, 1.54) is 69.8 Å². The Labute approximate surface area is 185 Å². The van der Waals surface area contributed by atoms with Gasteiger partial charge in [-0.1, -0.05) is 33.3 Å². The number of anilines is 1. The highest BCUT2D eigenvalue weighted by Gasteiger charge is 2.28. The molecule has 2 aliphatic heterocycles. The molecule has 5 heteroatoms. The first-order valence-corrected chi connectivity index (χ1v) is 12.5. The molecule has 2 fully saturated rings. The van der Waals surface area contributed by atoms with E-state index in [0.717, 1.165) is 37.8 Å². The molecule has 30 heavy (non-hydrogen) atoms. The van der Waals surface area contributed by atoms with E-state index in [0.29, 0.717) is 6.04 Å². The average Bonchev–Trinajstić information content (AvgIpc) is 2.77. The highest BCUT2D eigenvalue weighted by Crippen LogP contribution is 2.26. The Hall–Kier alpha value is -1.17. The van der Waals surface area contributed by atoms with Crippen LogP contribution in [0.3, 0.4) is 0 Å². The number of aromatic nitrogens is 1. The van der Waals surface area contributed by atoms with E-state index in [4.69, 9.17) is 4.98 Å². The van der Waals surface area contributed by atoms with Crippen molar-refractivity contribution >= 4 is 5.82 Å². The lowest BCUT2D eigenvalue weighted by molar-refractivity contribution is 0.0564. The highest BCUT2D eigenvalue weighted by molar-refractivity contribution is 5.42. The van der Waals surface area contributed by atoms with Crippen molar-refractivity contribution in [3.05, 3.63) is 23.4 Å². The van der Waals surface area contributed by atoms with Gasteiger partial charge in [0.25, 0.3) is 0 Å². The molecule has 3 aliphatic rings. The molecule has 1 aliphatic carbocycles. The van der Waals surface area contributed by atoms with Gasteiger partial charge >= 0.3 is 0 Å². The maximum Gasteiger partial charge on any atom is 0.128 e. The molecule has 1 saturated heterocycles. The molecule has 1 saturated carbocycles. The quantitative estimate of drug-likeness (QED) is 0.673. The van der Waals surface area contributed by atoms with Gasteiger partial charge in [0.05, 0.1) is 0 Å². The number of hydrogen-bond donors (Lipinski definition) is 0. The third kappa shape index (κ3) is 5.74. The van der Waals surface area contributed by atoms with Crippen LogP contribution >= 0.6 is 0 Å². The summed E-state index contributed by atoms with van der Waals surface area (Å²) in [5.41, 5.74) is 2.75. The lowest BCUT2D eigenvalue weighted by atomic mass is 9.91. The Morgan fingerprint density at radius 1 is 1.03 bits per heavy atom. The first kappa shape index (κ1) is 23.5. The van der Waals surface area contributed by atoms with Crippen LogP contribution in [0.15, 0.2) is 12.1 Å². The molecule has 1 aromatic rings. The van der Waals surface area contributed by atoms with E-state index in [1.54, 1.807) is 0 Å². The van der Waals surface area contributed by atoms with E-state index in [1.807, 2.05) is 13.8 Å². The van der Waals surface area contributed by atoms with Crippen LogP contribution in [0.5, 0.6) is 0 Å². The Morgan fingerprint density at radius 2 is 1.73 bits per heavy atom. The van der Waals surface area contributed by atoms with Crippen molar-refractivity contribution in [2.45, 2.75) is 78.4 Å². The fourth-order valence-corrected chi connectivity index (χ4v) is 4.74. The number of pyridine rings is 1. The predicted molar refractivity (Wildman–Crippen MR) is 128 cm³/mol.